The van der Waals surface area contributed by atoms with E-state index in [1.54, 1.807) is 6.08 Å². The summed E-state index contributed by atoms with van der Waals surface area (Å²) in [5, 5.41) is 7.71. The molecule has 1 aliphatic heterocycles. The molecule has 0 bridgehead atoms. The van der Waals surface area contributed by atoms with Gasteiger partial charge in [0.15, 0.2) is 0 Å². The van der Waals surface area contributed by atoms with Gasteiger partial charge in [-0.15, -0.1) is 6.58 Å². The summed E-state index contributed by atoms with van der Waals surface area (Å²) in [7, 11) is -3.14. The van der Waals surface area contributed by atoms with Crippen LogP contribution in [0, 0.1) is 6.92 Å². The zero-order chi connectivity index (χ0) is 16.2. The largest absolute Gasteiger partial charge is 0.374 e. The molecule has 0 aliphatic carbocycles. The molecular weight excluding hydrogens is 304 g/mol. The number of allylic oxidation sites excluding steroid dienone is 1. The Morgan fingerprint density at radius 3 is 3.05 bits per heavy atom. The summed E-state index contributed by atoms with van der Waals surface area (Å²) in [5.41, 5.74) is 2.11. The molecule has 1 N–H and O–H groups in total. The standard InChI is InChI=1S/C14H24N4O3S/c1-4-5-17-10-13(12(2)16-17)8-15-9-14-11-18(6-7-21-14)22(3,19)20/h4,10,14-15H,1,5-9,11H2,2-3H3. The van der Waals surface area contributed by atoms with Crippen molar-refractivity contribution < 1.29 is 13.2 Å². The first-order valence-corrected chi connectivity index (χ1v) is 9.16. The van der Waals surface area contributed by atoms with Crippen molar-refractivity contribution in [3.05, 3.63) is 30.1 Å². The Labute approximate surface area is 132 Å². The molecule has 1 unspecified atom stereocenters. The zero-order valence-corrected chi connectivity index (χ0v) is 14.0. The number of morpholine rings is 1. The normalized spacial score (nSPS) is 20.2. The van der Waals surface area contributed by atoms with Crippen molar-refractivity contribution in [3.8, 4) is 0 Å². The minimum absolute atomic E-state index is 0.119. The Kier molecular flexibility index (Phi) is 5.74. The molecule has 7 nitrogen and oxygen atoms in total. The molecule has 124 valence electrons. The van der Waals surface area contributed by atoms with E-state index < -0.39 is 10.0 Å². The highest BCUT2D eigenvalue weighted by Crippen LogP contribution is 2.09. The summed E-state index contributed by atoms with van der Waals surface area (Å²) in [6.07, 6.45) is 4.92. The van der Waals surface area contributed by atoms with Crippen molar-refractivity contribution in [3.63, 3.8) is 0 Å². The maximum Gasteiger partial charge on any atom is 0.211 e. The first-order chi connectivity index (χ1) is 10.4. The quantitative estimate of drug-likeness (QED) is 0.720. The maximum absolute atomic E-state index is 11.6. The number of hydrogen-bond donors (Lipinski definition) is 1. The van der Waals surface area contributed by atoms with Gasteiger partial charge in [-0.1, -0.05) is 6.08 Å². The number of sulfonamides is 1. The molecule has 22 heavy (non-hydrogen) atoms. The van der Waals surface area contributed by atoms with E-state index in [-0.39, 0.29) is 6.10 Å². The van der Waals surface area contributed by atoms with Crippen LogP contribution in [0.1, 0.15) is 11.3 Å². The van der Waals surface area contributed by atoms with E-state index in [1.807, 2.05) is 17.8 Å². The lowest BCUT2D eigenvalue weighted by Gasteiger charge is -2.31. The molecule has 1 atom stereocenters. The SMILES string of the molecule is C=CCn1cc(CNCC2CN(S(C)(=O)=O)CCO2)c(C)n1. The van der Waals surface area contributed by atoms with E-state index in [9.17, 15) is 8.42 Å². The Balaban J connectivity index is 1.82. The smallest absolute Gasteiger partial charge is 0.211 e. The molecule has 1 fully saturated rings. The fraction of sp³-hybridized carbons (Fsp3) is 0.643. The number of aromatic nitrogens is 2. The van der Waals surface area contributed by atoms with E-state index in [2.05, 4.69) is 17.0 Å². The number of ether oxygens (including phenoxy) is 1. The second-order valence-electron chi connectivity index (χ2n) is 5.50. The Morgan fingerprint density at radius 2 is 2.36 bits per heavy atom. The highest BCUT2D eigenvalue weighted by molar-refractivity contribution is 7.88. The predicted molar refractivity (Wildman–Crippen MR) is 85.0 cm³/mol. The van der Waals surface area contributed by atoms with Crippen molar-refractivity contribution in [2.75, 3.05) is 32.5 Å². The summed E-state index contributed by atoms with van der Waals surface area (Å²) in [5.74, 6) is 0. The molecule has 1 saturated heterocycles. The molecular formula is C14H24N4O3S. The first-order valence-electron chi connectivity index (χ1n) is 7.31. The van der Waals surface area contributed by atoms with Crippen molar-refractivity contribution in [2.24, 2.45) is 0 Å². The highest BCUT2D eigenvalue weighted by atomic mass is 32.2. The van der Waals surface area contributed by atoms with Gasteiger partial charge in [0, 0.05) is 37.9 Å². The van der Waals surface area contributed by atoms with Crippen LogP contribution in [0.5, 0.6) is 0 Å². The zero-order valence-electron chi connectivity index (χ0n) is 13.2. The molecule has 1 aliphatic rings. The fourth-order valence-electron chi connectivity index (χ4n) is 2.44. The molecule has 0 aromatic carbocycles. The number of rotatable bonds is 7. The number of aryl methyl sites for hydroxylation is 1. The number of nitrogens with zero attached hydrogens (tertiary/aromatic N) is 3. The minimum Gasteiger partial charge on any atom is -0.374 e. The average Bonchev–Trinajstić information content (AvgIpc) is 2.79. The second kappa shape index (κ2) is 7.36. The van der Waals surface area contributed by atoms with Gasteiger partial charge in [-0.05, 0) is 6.92 Å². The third kappa shape index (κ3) is 4.64. The molecule has 8 heteroatoms. The summed E-state index contributed by atoms with van der Waals surface area (Å²) >= 11 is 0. The van der Waals surface area contributed by atoms with E-state index in [1.165, 1.54) is 10.6 Å². The van der Waals surface area contributed by atoms with Crippen LogP contribution in [0.3, 0.4) is 0 Å². The van der Waals surface area contributed by atoms with E-state index >= 15 is 0 Å². The monoisotopic (exact) mass is 328 g/mol. The Hall–Kier alpha value is -1.22. The number of nitrogens with one attached hydrogen (secondary N) is 1. The molecule has 0 spiro atoms. The Bertz CT molecular complexity index is 612. The van der Waals surface area contributed by atoms with Gasteiger partial charge in [0.25, 0.3) is 0 Å². The summed E-state index contributed by atoms with van der Waals surface area (Å²) < 4.78 is 32.1. The van der Waals surface area contributed by atoms with Crippen molar-refractivity contribution in [2.45, 2.75) is 26.1 Å². The van der Waals surface area contributed by atoms with Crippen LogP contribution in [-0.4, -0.2) is 61.1 Å². The van der Waals surface area contributed by atoms with Crippen LogP contribution in [0.15, 0.2) is 18.9 Å². The first kappa shape index (κ1) is 17.1. The molecule has 2 rings (SSSR count). The third-order valence-electron chi connectivity index (χ3n) is 3.62. The molecule has 2 heterocycles. The predicted octanol–water partition coefficient (Wildman–Crippen LogP) is 0.128. The molecule has 0 amide bonds. The van der Waals surface area contributed by atoms with Gasteiger partial charge in [-0.3, -0.25) is 4.68 Å². The lowest BCUT2D eigenvalue weighted by Crippen LogP contribution is -2.48. The van der Waals surface area contributed by atoms with Gasteiger partial charge in [0.1, 0.15) is 0 Å². The van der Waals surface area contributed by atoms with Crippen LogP contribution in [0.4, 0.5) is 0 Å². The summed E-state index contributed by atoms with van der Waals surface area (Å²) in [6, 6.07) is 0. The van der Waals surface area contributed by atoms with Crippen LogP contribution in [0.25, 0.3) is 0 Å². The lowest BCUT2D eigenvalue weighted by atomic mass is 10.2. The topological polar surface area (TPSA) is 76.5 Å². The van der Waals surface area contributed by atoms with E-state index in [0.29, 0.717) is 39.3 Å². The summed E-state index contributed by atoms with van der Waals surface area (Å²) in [4.78, 5) is 0. The van der Waals surface area contributed by atoms with Crippen LogP contribution < -0.4 is 5.32 Å². The molecule has 0 saturated carbocycles. The Morgan fingerprint density at radius 1 is 1.59 bits per heavy atom. The van der Waals surface area contributed by atoms with Gasteiger partial charge in [-0.25, -0.2) is 8.42 Å². The van der Waals surface area contributed by atoms with Crippen molar-refractivity contribution in [1.82, 2.24) is 19.4 Å². The second-order valence-corrected chi connectivity index (χ2v) is 7.48. The van der Waals surface area contributed by atoms with E-state index in [4.69, 9.17) is 4.74 Å². The fourth-order valence-corrected chi connectivity index (χ4v) is 3.29. The lowest BCUT2D eigenvalue weighted by molar-refractivity contribution is -0.000108. The van der Waals surface area contributed by atoms with Crippen molar-refractivity contribution in [1.29, 1.82) is 0 Å². The van der Waals surface area contributed by atoms with Gasteiger partial charge in [0.05, 0.1) is 31.2 Å². The average molecular weight is 328 g/mol. The van der Waals surface area contributed by atoms with Crippen molar-refractivity contribution >= 4 is 10.0 Å². The van der Waals surface area contributed by atoms with Gasteiger partial charge in [-0.2, -0.15) is 9.40 Å². The van der Waals surface area contributed by atoms with Gasteiger partial charge in [0.2, 0.25) is 10.0 Å². The van der Waals surface area contributed by atoms with E-state index in [0.717, 1.165) is 11.3 Å². The number of hydrogen-bond acceptors (Lipinski definition) is 5. The molecule has 0 radical (unpaired) electrons. The molecule has 1 aromatic rings. The van der Waals surface area contributed by atoms with Crippen LogP contribution in [-0.2, 0) is 27.8 Å². The van der Waals surface area contributed by atoms with Gasteiger partial charge >= 0.3 is 0 Å². The van der Waals surface area contributed by atoms with Crippen LogP contribution in [0.2, 0.25) is 0 Å². The maximum atomic E-state index is 11.6. The van der Waals surface area contributed by atoms with Gasteiger partial charge < -0.3 is 10.1 Å². The highest BCUT2D eigenvalue weighted by Gasteiger charge is 2.26. The third-order valence-corrected chi connectivity index (χ3v) is 4.89. The minimum atomic E-state index is -3.14. The summed E-state index contributed by atoms with van der Waals surface area (Å²) in [6.45, 7) is 8.93. The molecule has 1 aromatic heterocycles. The van der Waals surface area contributed by atoms with Crippen LogP contribution >= 0.6 is 0 Å².